The lowest BCUT2D eigenvalue weighted by Crippen LogP contribution is -2.32. The summed E-state index contributed by atoms with van der Waals surface area (Å²) in [4.78, 5) is 32.3. The van der Waals surface area contributed by atoms with Crippen LogP contribution in [-0.2, 0) is 9.59 Å². The first-order chi connectivity index (χ1) is 13.0. The van der Waals surface area contributed by atoms with Gasteiger partial charge in [-0.1, -0.05) is 34.1 Å². The molecule has 0 fully saturated rings. The number of anilines is 2. The van der Waals surface area contributed by atoms with E-state index in [1.165, 1.54) is 0 Å². The summed E-state index contributed by atoms with van der Waals surface area (Å²) in [5.41, 5.74) is 7.21. The van der Waals surface area contributed by atoms with Crippen molar-refractivity contribution < 1.29 is 9.59 Å². The molecule has 0 unspecified atom stereocenters. The van der Waals surface area contributed by atoms with Gasteiger partial charge in [-0.15, -0.1) is 0 Å². The topological polar surface area (TPSA) is 121 Å². The van der Waals surface area contributed by atoms with E-state index in [1.807, 2.05) is 42.5 Å². The molecule has 5 N–H and O–H groups in total. The Balaban J connectivity index is 1.59. The summed E-state index contributed by atoms with van der Waals surface area (Å²) in [7, 11) is 0. The van der Waals surface area contributed by atoms with Crippen LogP contribution >= 0.6 is 15.9 Å². The molecule has 0 aromatic heterocycles. The SMILES string of the molecule is NC(=NC1=N[C@@H](CC(=O)Nc2ccc(Br)cc2)C(=O)N1)Nc1ccccc1. The van der Waals surface area contributed by atoms with Crippen LogP contribution in [-0.4, -0.2) is 29.8 Å². The fraction of sp³-hybridized carbons (Fsp3) is 0.111. The molecule has 3 rings (SSSR count). The minimum atomic E-state index is -0.844. The third-order valence-corrected chi connectivity index (χ3v) is 4.12. The third kappa shape index (κ3) is 5.38. The van der Waals surface area contributed by atoms with Crippen LogP contribution in [0.3, 0.4) is 0 Å². The molecule has 2 aromatic rings. The molecule has 9 heteroatoms. The zero-order valence-electron chi connectivity index (χ0n) is 14.1. The molecular weight excluding hydrogens is 412 g/mol. The fourth-order valence-corrected chi connectivity index (χ4v) is 2.62. The monoisotopic (exact) mass is 428 g/mol. The number of carbonyl (C=O) groups is 2. The maximum atomic E-state index is 12.1. The quantitative estimate of drug-likeness (QED) is 0.439. The number of aliphatic imine (C=N–C) groups is 2. The van der Waals surface area contributed by atoms with Gasteiger partial charge in [0.2, 0.25) is 17.8 Å². The number of hydrogen-bond acceptors (Lipinski definition) is 4. The van der Waals surface area contributed by atoms with Crippen molar-refractivity contribution in [2.45, 2.75) is 12.5 Å². The van der Waals surface area contributed by atoms with Gasteiger partial charge in [-0.3, -0.25) is 14.9 Å². The molecular formula is C18H17BrN6O2. The Kier molecular flexibility index (Phi) is 5.82. The van der Waals surface area contributed by atoms with Gasteiger partial charge >= 0.3 is 0 Å². The van der Waals surface area contributed by atoms with Crippen molar-refractivity contribution in [1.29, 1.82) is 0 Å². The van der Waals surface area contributed by atoms with Gasteiger partial charge < -0.3 is 16.4 Å². The molecule has 0 bridgehead atoms. The van der Waals surface area contributed by atoms with Crippen LogP contribution in [0.4, 0.5) is 11.4 Å². The predicted molar refractivity (Wildman–Crippen MR) is 108 cm³/mol. The Bertz CT molecular complexity index is 896. The number of carbonyl (C=O) groups excluding carboxylic acids is 2. The smallest absolute Gasteiger partial charge is 0.252 e. The number of benzene rings is 2. The van der Waals surface area contributed by atoms with Crippen molar-refractivity contribution in [3.05, 3.63) is 59.1 Å². The van der Waals surface area contributed by atoms with E-state index in [4.69, 9.17) is 5.73 Å². The Morgan fingerprint density at radius 2 is 1.78 bits per heavy atom. The van der Waals surface area contributed by atoms with Crippen molar-refractivity contribution >= 4 is 51.0 Å². The number of para-hydroxylation sites is 1. The van der Waals surface area contributed by atoms with Gasteiger partial charge in [0.15, 0.2) is 0 Å². The maximum absolute atomic E-state index is 12.1. The molecule has 138 valence electrons. The molecule has 8 nitrogen and oxygen atoms in total. The van der Waals surface area contributed by atoms with Crippen molar-refractivity contribution in [3.8, 4) is 0 Å². The number of nitrogens with zero attached hydrogens (tertiary/aromatic N) is 2. The molecule has 2 aromatic carbocycles. The number of halogens is 1. The van der Waals surface area contributed by atoms with Crippen LogP contribution in [0.2, 0.25) is 0 Å². The third-order valence-electron chi connectivity index (χ3n) is 3.60. The largest absolute Gasteiger partial charge is 0.369 e. The second-order valence-electron chi connectivity index (χ2n) is 5.71. The zero-order valence-corrected chi connectivity index (χ0v) is 15.7. The highest BCUT2D eigenvalue weighted by molar-refractivity contribution is 9.10. The number of nitrogens with one attached hydrogen (secondary N) is 3. The van der Waals surface area contributed by atoms with Crippen LogP contribution in [0.5, 0.6) is 0 Å². The average Bonchev–Trinajstić information content (AvgIpc) is 2.96. The van der Waals surface area contributed by atoms with Gasteiger partial charge in [-0.05, 0) is 36.4 Å². The highest BCUT2D eigenvalue weighted by Crippen LogP contribution is 2.15. The number of amides is 2. The van der Waals surface area contributed by atoms with E-state index in [-0.39, 0.29) is 24.2 Å². The van der Waals surface area contributed by atoms with Gasteiger partial charge in [0, 0.05) is 15.8 Å². The van der Waals surface area contributed by atoms with Gasteiger partial charge in [-0.2, -0.15) is 4.99 Å². The Labute approximate surface area is 164 Å². The maximum Gasteiger partial charge on any atom is 0.252 e. The number of hydrogen-bond donors (Lipinski definition) is 4. The van der Waals surface area contributed by atoms with Crippen LogP contribution in [0, 0.1) is 0 Å². The number of guanidine groups is 2. The molecule has 0 spiro atoms. The minimum Gasteiger partial charge on any atom is -0.369 e. The van der Waals surface area contributed by atoms with E-state index in [2.05, 4.69) is 41.9 Å². The standard InChI is InChI=1S/C18H17BrN6O2/c19-11-6-8-13(9-7-11)21-15(26)10-14-16(27)24-18(23-14)25-17(20)22-12-4-2-1-3-5-12/h1-9,14H,10H2,(H,21,26)(H4,20,22,23,24,25,27)/t14-/m0/s1. The first-order valence-corrected chi connectivity index (χ1v) is 8.89. The Morgan fingerprint density at radius 1 is 1.11 bits per heavy atom. The second kappa shape index (κ2) is 8.45. The molecule has 2 amide bonds. The van der Waals surface area contributed by atoms with Gasteiger partial charge in [0.25, 0.3) is 5.91 Å². The van der Waals surface area contributed by atoms with Crippen molar-refractivity contribution in [3.63, 3.8) is 0 Å². The lowest BCUT2D eigenvalue weighted by atomic mass is 10.2. The molecule has 0 saturated carbocycles. The van der Waals surface area contributed by atoms with E-state index in [1.54, 1.807) is 12.1 Å². The molecule has 1 aliphatic heterocycles. The minimum absolute atomic E-state index is 0.0716. The van der Waals surface area contributed by atoms with Crippen LogP contribution < -0.4 is 21.7 Å². The van der Waals surface area contributed by atoms with Crippen LogP contribution in [0.1, 0.15) is 6.42 Å². The molecule has 27 heavy (non-hydrogen) atoms. The summed E-state index contributed by atoms with van der Waals surface area (Å²) in [6.07, 6.45) is -0.0903. The van der Waals surface area contributed by atoms with E-state index in [9.17, 15) is 9.59 Å². The molecule has 1 heterocycles. The van der Waals surface area contributed by atoms with Gasteiger partial charge in [-0.25, -0.2) is 4.99 Å². The Morgan fingerprint density at radius 3 is 2.48 bits per heavy atom. The van der Waals surface area contributed by atoms with E-state index in [0.717, 1.165) is 10.2 Å². The van der Waals surface area contributed by atoms with E-state index < -0.39 is 11.9 Å². The summed E-state index contributed by atoms with van der Waals surface area (Å²) in [6, 6.07) is 15.5. The van der Waals surface area contributed by atoms with Crippen molar-refractivity contribution in [2.24, 2.45) is 15.7 Å². The zero-order chi connectivity index (χ0) is 19.2. The number of rotatable bonds is 4. The summed E-state index contributed by atoms with van der Waals surface area (Å²) in [5, 5.41) is 8.13. The highest BCUT2D eigenvalue weighted by Gasteiger charge is 2.28. The van der Waals surface area contributed by atoms with Crippen molar-refractivity contribution in [1.82, 2.24) is 5.32 Å². The molecule has 0 saturated heterocycles. The second-order valence-corrected chi connectivity index (χ2v) is 6.62. The predicted octanol–water partition coefficient (Wildman–Crippen LogP) is 2.06. The van der Waals surface area contributed by atoms with Gasteiger partial charge in [0.05, 0.1) is 6.42 Å². The van der Waals surface area contributed by atoms with Crippen LogP contribution in [0.15, 0.2) is 69.1 Å². The normalized spacial score (nSPS) is 16.5. The lowest BCUT2D eigenvalue weighted by Gasteiger charge is -2.06. The number of nitrogens with two attached hydrogens (primary N) is 1. The summed E-state index contributed by atoms with van der Waals surface area (Å²) < 4.78 is 0.907. The summed E-state index contributed by atoms with van der Waals surface area (Å²) in [5.74, 6) is -0.559. The first-order valence-electron chi connectivity index (χ1n) is 8.10. The van der Waals surface area contributed by atoms with E-state index in [0.29, 0.717) is 5.69 Å². The first kappa shape index (κ1) is 18.6. The van der Waals surface area contributed by atoms with E-state index >= 15 is 0 Å². The lowest BCUT2D eigenvalue weighted by molar-refractivity contribution is -0.123. The summed E-state index contributed by atoms with van der Waals surface area (Å²) in [6.45, 7) is 0. The highest BCUT2D eigenvalue weighted by atomic mass is 79.9. The average molecular weight is 429 g/mol. The van der Waals surface area contributed by atoms with Crippen molar-refractivity contribution in [2.75, 3.05) is 10.6 Å². The molecule has 1 atom stereocenters. The Hall–Kier alpha value is -3.20. The van der Waals surface area contributed by atoms with Crippen LogP contribution in [0.25, 0.3) is 0 Å². The molecule has 0 aliphatic carbocycles. The fourth-order valence-electron chi connectivity index (χ4n) is 2.36. The molecule has 1 aliphatic rings. The summed E-state index contributed by atoms with van der Waals surface area (Å²) >= 11 is 3.33. The van der Waals surface area contributed by atoms with Gasteiger partial charge in [0.1, 0.15) is 6.04 Å². The molecule has 0 radical (unpaired) electrons.